The van der Waals surface area contributed by atoms with Crippen LogP contribution in [-0.4, -0.2) is 29.2 Å². The van der Waals surface area contributed by atoms with Crippen LogP contribution in [-0.2, 0) is 10.0 Å². The molecule has 7 heteroatoms. The molecule has 2 rings (SSSR count). The fourth-order valence-corrected chi connectivity index (χ4v) is 2.83. The van der Waals surface area contributed by atoms with Crippen molar-refractivity contribution in [3.05, 3.63) is 36.4 Å². The van der Waals surface area contributed by atoms with Gasteiger partial charge in [0.15, 0.2) is 0 Å². The van der Waals surface area contributed by atoms with E-state index in [1.54, 1.807) is 12.1 Å². The normalized spacial score (nSPS) is 11.5. The predicted octanol–water partition coefficient (Wildman–Crippen LogP) is 2.00. The van der Waals surface area contributed by atoms with Crippen LogP contribution < -0.4 is 4.74 Å². The molecular formula is C13H17N3O3S. The Bertz CT molecular complexity index is 666. The van der Waals surface area contributed by atoms with Crippen LogP contribution in [0.25, 0.3) is 0 Å². The number of aryl methyl sites for hydroxylation is 1. The van der Waals surface area contributed by atoms with Gasteiger partial charge in [-0.3, -0.25) is 0 Å². The van der Waals surface area contributed by atoms with Crippen molar-refractivity contribution < 1.29 is 13.2 Å². The highest BCUT2D eigenvalue weighted by Gasteiger charge is 2.18. The third kappa shape index (κ3) is 2.98. The minimum absolute atomic E-state index is 0.170. The van der Waals surface area contributed by atoms with Crippen LogP contribution in [0.2, 0.25) is 0 Å². The Kier molecular flexibility index (Phi) is 4.39. The first-order valence-electron chi connectivity index (χ1n) is 6.39. The number of rotatable bonds is 6. The maximum atomic E-state index is 12.2. The van der Waals surface area contributed by atoms with E-state index in [0.29, 0.717) is 12.4 Å². The second-order valence-electron chi connectivity index (χ2n) is 4.40. The third-order valence-electron chi connectivity index (χ3n) is 2.84. The fourth-order valence-electron chi connectivity index (χ4n) is 1.70. The number of unbranched alkanes of at least 4 members (excludes halogenated alkanes) is 1. The van der Waals surface area contributed by atoms with Gasteiger partial charge in [0.2, 0.25) is 0 Å². The Labute approximate surface area is 118 Å². The number of nitrogens with zero attached hydrogens (tertiary/aromatic N) is 3. The molecule has 0 spiro atoms. The van der Waals surface area contributed by atoms with Gasteiger partial charge in [0.1, 0.15) is 18.4 Å². The van der Waals surface area contributed by atoms with E-state index in [0.717, 1.165) is 28.8 Å². The molecule has 0 atom stereocenters. The van der Waals surface area contributed by atoms with Crippen molar-refractivity contribution in [2.24, 2.45) is 0 Å². The zero-order valence-electron chi connectivity index (χ0n) is 11.5. The molecule has 0 aliphatic carbocycles. The van der Waals surface area contributed by atoms with E-state index < -0.39 is 10.0 Å². The molecule has 0 N–H and O–H groups in total. The zero-order valence-corrected chi connectivity index (χ0v) is 12.3. The highest BCUT2D eigenvalue weighted by Crippen LogP contribution is 2.23. The smallest absolute Gasteiger partial charge is 0.284 e. The van der Waals surface area contributed by atoms with E-state index in [9.17, 15) is 8.42 Å². The van der Waals surface area contributed by atoms with Gasteiger partial charge in [-0.05, 0) is 37.1 Å². The summed E-state index contributed by atoms with van der Waals surface area (Å²) >= 11 is 0. The highest BCUT2D eigenvalue weighted by molar-refractivity contribution is 7.89. The van der Waals surface area contributed by atoms with Crippen LogP contribution in [0.5, 0.6) is 5.75 Å². The topological polar surface area (TPSA) is 74.1 Å². The van der Waals surface area contributed by atoms with Gasteiger partial charge in [-0.2, -0.15) is 8.42 Å². The van der Waals surface area contributed by atoms with Crippen LogP contribution in [0.3, 0.4) is 0 Å². The second kappa shape index (κ2) is 6.04. The van der Waals surface area contributed by atoms with Crippen LogP contribution in [0.15, 0.2) is 35.7 Å². The highest BCUT2D eigenvalue weighted by atomic mass is 32.2. The van der Waals surface area contributed by atoms with E-state index in [-0.39, 0.29) is 4.90 Å². The molecule has 6 nitrogen and oxygen atoms in total. The SMILES string of the molecule is CCCCOc1ccc(S(=O)(=O)n2cncn2)cc1C. The van der Waals surface area contributed by atoms with Crippen molar-refractivity contribution >= 4 is 10.0 Å². The van der Waals surface area contributed by atoms with Crippen LogP contribution >= 0.6 is 0 Å². The summed E-state index contributed by atoms with van der Waals surface area (Å²) in [7, 11) is -3.67. The maximum absolute atomic E-state index is 12.2. The Morgan fingerprint density at radius 1 is 1.35 bits per heavy atom. The van der Waals surface area contributed by atoms with E-state index in [4.69, 9.17) is 4.74 Å². The van der Waals surface area contributed by atoms with Gasteiger partial charge >= 0.3 is 0 Å². The van der Waals surface area contributed by atoms with Gasteiger partial charge in [0.25, 0.3) is 10.0 Å². The Morgan fingerprint density at radius 3 is 2.75 bits per heavy atom. The van der Waals surface area contributed by atoms with E-state index in [2.05, 4.69) is 17.0 Å². The Balaban J connectivity index is 2.25. The summed E-state index contributed by atoms with van der Waals surface area (Å²) in [5.41, 5.74) is 0.780. The molecule has 0 aliphatic rings. The van der Waals surface area contributed by atoms with Gasteiger partial charge in [0.05, 0.1) is 11.5 Å². The van der Waals surface area contributed by atoms with Crippen molar-refractivity contribution in [3.63, 3.8) is 0 Å². The standard InChI is InChI=1S/C13H17N3O3S/c1-3-4-7-19-13-6-5-12(8-11(13)2)20(17,18)16-10-14-9-15-16/h5-6,8-10H,3-4,7H2,1-2H3. The molecule has 0 radical (unpaired) electrons. The van der Waals surface area contributed by atoms with Crippen LogP contribution in [0.1, 0.15) is 25.3 Å². The summed E-state index contributed by atoms with van der Waals surface area (Å²) in [6, 6.07) is 4.78. The Hall–Kier alpha value is -1.89. The molecule has 0 saturated carbocycles. The first kappa shape index (κ1) is 14.5. The number of hydrogen-bond donors (Lipinski definition) is 0. The van der Waals surface area contributed by atoms with Crippen LogP contribution in [0.4, 0.5) is 0 Å². The lowest BCUT2D eigenvalue weighted by molar-refractivity contribution is 0.307. The van der Waals surface area contributed by atoms with Gasteiger partial charge < -0.3 is 4.74 Å². The molecule has 0 unspecified atom stereocenters. The maximum Gasteiger partial charge on any atom is 0.284 e. The largest absolute Gasteiger partial charge is 0.493 e. The van der Waals surface area contributed by atoms with E-state index in [1.807, 2.05) is 6.92 Å². The lowest BCUT2D eigenvalue weighted by Crippen LogP contribution is -2.13. The number of aromatic nitrogens is 3. The van der Waals surface area contributed by atoms with Crippen molar-refractivity contribution in [3.8, 4) is 5.75 Å². The molecule has 0 aliphatic heterocycles. The predicted molar refractivity (Wildman–Crippen MR) is 74.2 cm³/mol. The fraction of sp³-hybridized carbons (Fsp3) is 0.385. The van der Waals surface area contributed by atoms with E-state index in [1.165, 1.54) is 12.4 Å². The number of benzene rings is 1. The summed E-state index contributed by atoms with van der Waals surface area (Å²) in [4.78, 5) is 3.82. The number of hydrogen-bond acceptors (Lipinski definition) is 5. The van der Waals surface area contributed by atoms with Gasteiger partial charge in [-0.25, -0.2) is 4.98 Å². The molecular weight excluding hydrogens is 278 g/mol. The summed E-state index contributed by atoms with van der Waals surface area (Å²) < 4.78 is 30.9. The lowest BCUT2D eigenvalue weighted by atomic mass is 10.2. The molecule has 1 aromatic carbocycles. The van der Waals surface area contributed by atoms with Crippen LogP contribution in [0, 0.1) is 6.92 Å². The first-order chi connectivity index (χ1) is 9.55. The summed E-state index contributed by atoms with van der Waals surface area (Å²) in [5, 5.41) is 3.66. The average molecular weight is 295 g/mol. The molecule has 0 bridgehead atoms. The Morgan fingerprint density at radius 2 is 2.15 bits per heavy atom. The molecule has 0 fully saturated rings. The van der Waals surface area contributed by atoms with Gasteiger partial charge in [-0.1, -0.05) is 13.3 Å². The van der Waals surface area contributed by atoms with Crippen molar-refractivity contribution in [2.75, 3.05) is 6.61 Å². The van der Waals surface area contributed by atoms with Gasteiger partial charge in [0, 0.05) is 0 Å². The van der Waals surface area contributed by atoms with Crippen molar-refractivity contribution in [1.29, 1.82) is 0 Å². The summed E-state index contributed by atoms with van der Waals surface area (Å²) in [5.74, 6) is 0.705. The monoisotopic (exact) mass is 295 g/mol. The molecule has 0 saturated heterocycles. The quantitative estimate of drug-likeness (QED) is 0.762. The summed E-state index contributed by atoms with van der Waals surface area (Å²) in [6.07, 6.45) is 4.37. The van der Waals surface area contributed by atoms with Crippen molar-refractivity contribution in [1.82, 2.24) is 14.2 Å². The number of ether oxygens (including phenoxy) is 1. The van der Waals surface area contributed by atoms with Crippen molar-refractivity contribution in [2.45, 2.75) is 31.6 Å². The van der Waals surface area contributed by atoms with Gasteiger partial charge in [-0.15, -0.1) is 9.19 Å². The molecule has 1 aromatic heterocycles. The molecule has 20 heavy (non-hydrogen) atoms. The molecule has 0 amide bonds. The zero-order chi connectivity index (χ0) is 14.6. The lowest BCUT2D eigenvalue weighted by Gasteiger charge is -2.10. The first-order valence-corrected chi connectivity index (χ1v) is 7.83. The minimum atomic E-state index is -3.67. The molecule has 108 valence electrons. The molecule has 1 heterocycles. The molecule has 2 aromatic rings. The van der Waals surface area contributed by atoms with E-state index >= 15 is 0 Å². The summed E-state index contributed by atoms with van der Waals surface area (Å²) in [6.45, 7) is 4.54. The second-order valence-corrected chi connectivity index (χ2v) is 6.20. The average Bonchev–Trinajstić information content (AvgIpc) is 2.95. The minimum Gasteiger partial charge on any atom is -0.493 e. The third-order valence-corrected chi connectivity index (χ3v) is 4.37.